The topological polar surface area (TPSA) is 51.2 Å². The van der Waals surface area contributed by atoms with Crippen molar-refractivity contribution in [2.45, 2.75) is 26.4 Å². The van der Waals surface area contributed by atoms with Crippen LogP contribution in [0.5, 0.6) is 11.5 Å². The molecule has 0 aromatic heterocycles. The molecule has 1 aliphatic rings. The number of ketones is 1. The van der Waals surface area contributed by atoms with E-state index in [9.17, 15) is 4.79 Å². The van der Waals surface area contributed by atoms with Crippen LogP contribution >= 0.6 is 24.8 Å². The van der Waals surface area contributed by atoms with Crippen LogP contribution in [-0.2, 0) is 4.74 Å². The SMILES string of the molecule is COc1ccc(C(=O)CCN2CCN(CC(OCC(C)C)c3ccccc3)CC2)c(OC)c1.Cl.Cl. The Labute approximate surface area is 222 Å². The first-order valence-corrected chi connectivity index (χ1v) is 11.9. The summed E-state index contributed by atoms with van der Waals surface area (Å²) in [6, 6.07) is 15.9. The third-order valence-electron chi connectivity index (χ3n) is 6.06. The number of ether oxygens (including phenoxy) is 3. The Balaban J connectivity index is 0.00000306. The number of hydrogen-bond acceptors (Lipinski definition) is 6. The first-order chi connectivity index (χ1) is 16.0. The molecule has 1 atom stereocenters. The summed E-state index contributed by atoms with van der Waals surface area (Å²) in [7, 11) is 3.19. The molecule has 6 nitrogen and oxygen atoms in total. The minimum absolute atomic E-state index is 0. The number of piperazine rings is 1. The van der Waals surface area contributed by atoms with Gasteiger partial charge < -0.3 is 19.1 Å². The average molecular weight is 528 g/mol. The molecule has 0 amide bonds. The molecule has 1 aliphatic heterocycles. The monoisotopic (exact) mass is 526 g/mol. The van der Waals surface area contributed by atoms with E-state index in [1.54, 1.807) is 32.4 Å². The van der Waals surface area contributed by atoms with Gasteiger partial charge in [0, 0.05) is 58.4 Å². The summed E-state index contributed by atoms with van der Waals surface area (Å²) >= 11 is 0. The number of methoxy groups -OCH3 is 2. The van der Waals surface area contributed by atoms with Crippen molar-refractivity contribution in [1.82, 2.24) is 9.80 Å². The second-order valence-electron chi connectivity index (χ2n) is 9.01. The first-order valence-electron chi connectivity index (χ1n) is 11.9. The molecular weight excluding hydrogens is 487 g/mol. The molecule has 0 bridgehead atoms. The van der Waals surface area contributed by atoms with Crippen molar-refractivity contribution in [2.24, 2.45) is 5.92 Å². The lowest BCUT2D eigenvalue weighted by atomic mass is 10.1. The Morgan fingerprint density at radius 2 is 1.57 bits per heavy atom. The van der Waals surface area contributed by atoms with Gasteiger partial charge in [0.1, 0.15) is 11.5 Å². The Kier molecular flexibility index (Phi) is 14.3. The zero-order chi connectivity index (χ0) is 23.6. The highest BCUT2D eigenvalue weighted by atomic mass is 35.5. The Hall–Kier alpha value is -1.83. The van der Waals surface area contributed by atoms with Crippen LogP contribution < -0.4 is 9.47 Å². The van der Waals surface area contributed by atoms with Gasteiger partial charge in [-0.05, 0) is 23.6 Å². The molecule has 35 heavy (non-hydrogen) atoms. The van der Waals surface area contributed by atoms with E-state index >= 15 is 0 Å². The minimum atomic E-state index is 0. The third-order valence-corrected chi connectivity index (χ3v) is 6.06. The summed E-state index contributed by atoms with van der Waals surface area (Å²) in [4.78, 5) is 17.6. The fourth-order valence-electron chi connectivity index (χ4n) is 4.08. The number of Topliss-reactive ketones (excluding diaryl/α,β-unsaturated/α-hetero) is 1. The van der Waals surface area contributed by atoms with Gasteiger partial charge in [0.25, 0.3) is 0 Å². The highest BCUT2D eigenvalue weighted by molar-refractivity contribution is 5.99. The second kappa shape index (κ2) is 16.0. The Morgan fingerprint density at radius 3 is 2.17 bits per heavy atom. The van der Waals surface area contributed by atoms with E-state index in [1.807, 2.05) is 6.07 Å². The molecule has 196 valence electrons. The van der Waals surface area contributed by atoms with Gasteiger partial charge in [0.15, 0.2) is 5.78 Å². The zero-order valence-corrected chi connectivity index (χ0v) is 22.9. The number of halogens is 2. The molecular formula is C27H40Cl2N2O4. The number of carbonyl (C=O) groups is 1. The van der Waals surface area contributed by atoms with Crippen molar-refractivity contribution in [3.63, 3.8) is 0 Å². The van der Waals surface area contributed by atoms with Gasteiger partial charge in [0.2, 0.25) is 0 Å². The van der Waals surface area contributed by atoms with E-state index < -0.39 is 0 Å². The van der Waals surface area contributed by atoms with Crippen molar-refractivity contribution in [3.05, 3.63) is 59.7 Å². The highest BCUT2D eigenvalue weighted by Gasteiger charge is 2.23. The van der Waals surface area contributed by atoms with Crippen molar-refractivity contribution in [3.8, 4) is 11.5 Å². The number of rotatable bonds is 12. The maximum atomic E-state index is 12.8. The molecule has 3 rings (SSSR count). The number of nitrogens with zero attached hydrogens (tertiary/aromatic N) is 2. The molecule has 0 aliphatic carbocycles. The predicted molar refractivity (Wildman–Crippen MR) is 146 cm³/mol. The van der Waals surface area contributed by atoms with E-state index in [0.29, 0.717) is 29.4 Å². The first kappa shape index (κ1) is 31.2. The van der Waals surface area contributed by atoms with E-state index in [2.05, 4.69) is 47.9 Å². The third kappa shape index (κ3) is 9.62. The van der Waals surface area contributed by atoms with Crippen molar-refractivity contribution >= 4 is 30.6 Å². The van der Waals surface area contributed by atoms with Crippen LogP contribution in [-0.4, -0.2) is 75.7 Å². The summed E-state index contributed by atoms with van der Waals surface area (Å²) in [6.07, 6.45) is 0.566. The molecule has 0 radical (unpaired) electrons. The summed E-state index contributed by atoms with van der Waals surface area (Å²) in [5, 5.41) is 0. The second-order valence-corrected chi connectivity index (χ2v) is 9.01. The lowest BCUT2D eigenvalue weighted by molar-refractivity contribution is 0.000653. The van der Waals surface area contributed by atoms with Gasteiger partial charge in [-0.15, -0.1) is 24.8 Å². The van der Waals surface area contributed by atoms with Gasteiger partial charge in [-0.2, -0.15) is 0 Å². The van der Waals surface area contributed by atoms with Crippen LogP contribution in [0.4, 0.5) is 0 Å². The van der Waals surface area contributed by atoms with Crippen LogP contribution in [0, 0.1) is 5.92 Å². The summed E-state index contributed by atoms with van der Waals surface area (Å²) in [5.74, 6) is 1.86. The fraction of sp³-hybridized carbons (Fsp3) is 0.519. The van der Waals surface area contributed by atoms with E-state index in [0.717, 1.165) is 45.9 Å². The Morgan fingerprint density at radius 1 is 0.914 bits per heavy atom. The average Bonchev–Trinajstić information content (AvgIpc) is 2.85. The van der Waals surface area contributed by atoms with E-state index in [1.165, 1.54) is 5.56 Å². The number of benzene rings is 2. The minimum Gasteiger partial charge on any atom is -0.497 e. The molecule has 0 N–H and O–H groups in total. The molecule has 1 fully saturated rings. The van der Waals surface area contributed by atoms with E-state index in [-0.39, 0.29) is 36.7 Å². The number of hydrogen-bond donors (Lipinski definition) is 0. The van der Waals surface area contributed by atoms with Crippen molar-refractivity contribution in [1.29, 1.82) is 0 Å². The van der Waals surface area contributed by atoms with Gasteiger partial charge in [-0.1, -0.05) is 44.2 Å². The van der Waals surface area contributed by atoms with Gasteiger partial charge in [0.05, 0.1) is 25.9 Å². The molecule has 0 spiro atoms. The lowest BCUT2D eigenvalue weighted by Gasteiger charge is -2.36. The normalized spacial score (nSPS) is 15.1. The molecule has 1 saturated heterocycles. The summed E-state index contributed by atoms with van der Waals surface area (Å²) in [6.45, 7) is 10.7. The lowest BCUT2D eigenvalue weighted by Crippen LogP contribution is -2.48. The maximum absolute atomic E-state index is 12.8. The zero-order valence-electron chi connectivity index (χ0n) is 21.3. The van der Waals surface area contributed by atoms with Gasteiger partial charge in [-0.25, -0.2) is 0 Å². The van der Waals surface area contributed by atoms with Crippen LogP contribution in [0.15, 0.2) is 48.5 Å². The smallest absolute Gasteiger partial charge is 0.167 e. The number of carbonyl (C=O) groups excluding carboxylic acids is 1. The standard InChI is InChI=1S/C27H38N2O4.2ClH/c1-21(2)20-33-27(22-8-6-5-7-9-22)19-29-16-14-28(15-17-29)13-12-25(30)24-11-10-23(31-3)18-26(24)32-4;;/h5-11,18,21,27H,12-17,19-20H2,1-4H3;2*1H. The fourth-order valence-corrected chi connectivity index (χ4v) is 4.08. The van der Waals surface area contributed by atoms with Crippen molar-refractivity contribution < 1.29 is 19.0 Å². The Bertz CT molecular complexity index is 875. The van der Waals surface area contributed by atoms with Gasteiger partial charge in [-0.3, -0.25) is 9.69 Å². The molecule has 1 heterocycles. The maximum Gasteiger partial charge on any atom is 0.167 e. The predicted octanol–water partition coefficient (Wildman–Crippen LogP) is 5.15. The van der Waals surface area contributed by atoms with Crippen molar-refractivity contribution in [2.75, 3.05) is 60.1 Å². The molecule has 2 aromatic carbocycles. The van der Waals surface area contributed by atoms with Crippen LogP contribution in [0.3, 0.4) is 0 Å². The highest BCUT2D eigenvalue weighted by Crippen LogP contribution is 2.26. The molecule has 0 saturated carbocycles. The molecule has 8 heteroatoms. The van der Waals surface area contributed by atoms with Gasteiger partial charge >= 0.3 is 0 Å². The molecule has 1 unspecified atom stereocenters. The van der Waals surface area contributed by atoms with Crippen LogP contribution in [0.25, 0.3) is 0 Å². The van der Waals surface area contributed by atoms with Crippen LogP contribution in [0.2, 0.25) is 0 Å². The van der Waals surface area contributed by atoms with Crippen LogP contribution in [0.1, 0.15) is 42.3 Å². The molecule has 2 aromatic rings. The van der Waals surface area contributed by atoms with E-state index in [4.69, 9.17) is 14.2 Å². The quantitative estimate of drug-likeness (QED) is 0.356. The summed E-state index contributed by atoms with van der Waals surface area (Å²) in [5.41, 5.74) is 1.85. The summed E-state index contributed by atoms with van der Waals surface area (Å²) < 4.78 is 16.9. The largest absolute Gasteiger partial charge is 0.497 e.